The van der Waals surface area contributed by atoms with Crippen molar-refractivity contribution in [1.29, 1.82) is 0 Å². The molecule has 0 aliphatic rings. The van der Waals surface area contributed by atoms with Crippen molar-refractivity contribution < 1.29 is 18.3 Å². The van der Waals surface area contributed by atoms with Crippen LogP contribution in [0.4, 0.5) is 13.2 Å². The molecule has 2 rings (SSSR count). The Bertz CT molecular complexity index is 564. The summed E-state index contributed by atoms with van der Waals surface area (Å²) in [6.07, 6.45) is -5.32. The van der Waals surface area contributed by atoms with E-state index in [0.717, 1.165) is 12.1 Å². The van der Waals surface area contributed by atoms with Crippen LogP contribution in [-0.4, -0.2) is 5.11 Å². The highest BCUT2D eigenvalue weighted by Gasteiger charge is 2.30. The quantitative estimate of drug-likeness (QED) is 0.856. The Balaban J connectivity index is 2.31. The minimum absolute atomic E-state index is 0.417. The molecule has 0 aromatic heterocycles. The zero-order valence-corrected chi connectivity index (χ0v) is 11.2. The summed E-state index contributed by atoms with van der Waals surface area (Å²) in [6, 6.07) is 11.5. The zero-order chi connectivity index (χ0) is 14.0. The van der Waals surface area contributed by atoms with Crippen LogP contribution in [-0.2, 0) is 6.18 Å². The molecule has 0 bridgehead atoms. The predicted molar refractivity (Wildman–Crippen MR) is 69.6 cm³/mol. The minimum atomic E-state index is -4.36. The smallest absolute Gasteiger partial charge is 0.384 e. The van der Waals surface area contributed by atoms with Crippen LogP contribution in [0.25, 0.3) is 0 Å². The summed E-state index contributed by atoms with van der Waals surface area (Å²) in [5.41, 5.74) is 0.303. The van der Waals surface area contributed by atoms with Crippen LogP contribution in [0.2, 0.25) is 0 Å². The van der Waals surface area contributed by atoms with Crippen LogP contribution >= 0.6 is 15.9 Å². The van der Waals surface area contributed by atoms with Gasteiger partial charge in [-0.15, -0.1) is 0 Å². The first-order valence-corrected chi connectivity index (χ1v) is 6.28. The van der Waals surface area contributed by atoms with E-state index in [0.29, 0.717) is 15.6 Å². The summed E-state index contributed by atoms with van der Waals surface area (Å²) >= 11 is 3.30. The summed E-state index contributed by atoms with van der Waals surface area (Å²) in [5, 5.41) is 10.2. The molecule has 0 amide bonds. The number of hydrogen-bond donors (Lipinski definition) is 1. The fourth-order valence-corrected chi connectivity index (χ4v) is 2.23. The number of hydrogen-bond acceptors (Lipinski definition) is 1. The van der Waals surface area contributed by atoms with Crippen molar-refractivity contribution in [2.24, 2.45) is 0 Å². The molecule has 0 saturated heterocycles. The van der Waals surface area contributed by atoms with E-state index in [1.807, 2.05) is 0 Å². The Hall–Kier alpha value is -1.33. The van der Waals surface area contributed by atoms with Crippen molar-refractivity contribution in [2.75, 3.05) is 0 Å². The maximum absolute atomic E-state index is 12.4. The average molecular weight is 331 g/mol. The van der Waals surface area contributed by atoms with Gasteiger partial charge in [0.15, 0.2) is 0 Å². The van der Waals surface area contributed by atoms with Crippen molar-refractivity contribution in [3.8, 4) is 0 Å². The Kier molecular flexibility index (Phi) is 3.96. The Labute approximate surface area is 116 Å². The van der Waals surface area contributed by atoms with Gasteiger partial charge in [0.05, 0.1) is 5.56 Å². The lowest BCUT2D eigenvalue weighted by Gasteiger charge is -2.14. The van der Waals surface area contributed by atoms with E-state index in [-0.39, 0.29) is 0 Å². The van der Waals surface area contributed by atoms with Gasteiger partial charge in [0.1, 0.15) is 6.10 Å². The number of rotatable bonds is 2. The van der Waals surface area contributed by atoms with Crippen LogP contribution in [0.5, 0.6) is 0 Å². The highest BCUT2D eigenvalue weighted by atomic mass is 79.9. The van der Waals surface area contributed by atoms with Crippen molar-refractivity contribution in [1.82, 2.24) is 0 Å². The van der Waals surface area contributed by atoms with Crippen molar-refractivity contribution in [2.45, 2.75) is 12.3 Å². The SMILES string of the molecule is OC(c1ccc(C(F)(F)F)cc1)c1ccccc1Br. The molecule has 1 N–H and O–H groups in total. The lowest BCUT2D eigenvalue weighted by Crippen LogP contribution is -2.06. The monoisotopic (exact) mass is 330 g/mol. The van der Waals surface area contributed by atoms with E-state index in [1.54, 1.807) is 24.3 Å². The second kappa shape index (κ2) is 5.35. The molecule has 19 heavy (non-hydrogen) atoms. The van der Waals surface area contributed by atoms with Gasteiger partial charge >= 0.3 is 6.18 Å². The van der Waals surface area contributed by atoms with Crippen LogP contribution in [0.1, 0.15) is 22.8 Å². The number of benzene rings is 2. The standard InChI is InChI=1S/C14H10BrF3O/c15-12-4-2-1-3-11(12)13(19)9-5-7-10(8-6-9)14(16,17)18/h1-8,13,19H. The van der Waals surface area contributed by atoms with Gasteiger partial charge in [0, 0.05) is 4.47 Å². The second-order valence-electron chi connectivity index (χ2n) is 4.04. The normalized spacial score (nSPS) is 13.3. The Morgan fingerprint density at radius 3 is 2.05 bits per heavy atom. The van der Waals surface area contributed by atoms with E-state index < -0.39 is 17.8 Å². The van der Waals surface area contributed by atoms with Gasteiger partial charge in [-0.25, -0.2) is 0 Å². The molecule has 0 aliphatic heterocycles. The minimum Gasteiger partial charge on any atom is -0.384 e. The molecule has 0 fully saturated rings. The Morgan fingerprint density at radius 2 is 1.53 bits per heavy atom. The largest absolute Gasteiger partial charge is 0.416 e. The Morgan fingerprint density at radius 1 is 0.947 bits per heavy atom. The summed E-state index contributed by atoms with van der Waals surface area (Å²) in [4.78, 5) is 0. The molecule has 100 valence electrons. The molecule has 0 heterocycles. The number of aliphatic hydroxyl groups is 1. The molecule has 1 nitrogen and oxygen atoms in total. The lowest BCUT2D eigenvalue weighted by atomic mass is 10.0. The summed E-state index contributed by atoms with van der Waals surface area (Å²) in [6.45, 7) is 0. The van der Waals surface area contributed by atoms with Gasteiger partial charge in [0.25, 0.3) is 0 Å². The molecule has 2 aromatic carbocycles. The van der Waals surface area contributed by atoms with Gasteiger partial charge in [-0.3, -0.25) is 0 Å². The lowest BCUT2D eigenvalue weighted by molar-refractivity contribution is -0.137. The average Bonchev–Trinajstić information content (AvgIpc) is 2.38. The first kappa shape index (κ1) is 14.1. The molecule has 0 radical (unpaired) electrons. The van der Waals surface area contributed by atoms with E-state index in [2.05, 4.69) is 15.9 Å². The molecular formula is C14H10BrF3O. The first-order chi connectivity index (χ1) is 8.89. The topological polar surface area (TPSA) is 20.2 Å². The predicted octanol–water partition coefficient (Wildman–Crippen LogP) is 4.55. The van der Waals surface area contributed by atoms with Crippen LogP contribution in [0, 0.1) is 0 Å². The second-order valence-corrected chi connectivity index (χ2v) is 4.90. The van der Waals surface area contributed by atoms with E-state index in [9.17, 15) is 18.3 Å². The maximum atomic E-state index is 12.4. The van der Waals surface area contributed by atoms with E-state index in [1.165, 1.54) is 12.1 Å². The van der Waals surface area contributed by atoms with Gasteiger partial charge < -0.3 is 5.11 Å². The molecule has 1 atom stereocenters. The van der Waals surface area contributed by atoms with Crippen LogP contribution in [0.15, 0.2) is 53.0 Å². The fourth-order valence-electron chi connectivity index (χ4n) is 1.73. The highest BCUT2D eigenvalue weighted by molar-refractivity contribution is 9.10. The molecule has 0 saturated carbocycles. The summed E-state index contributed by atoms with van der Waals surface area (Å²) < 4.78 is 38.0. The number of halogens is 4. The summed E-state index contributed by atoms with van der Waals surface area (Å²) in [5.74, 6) is 0. The molecule has 0 spiro atoms. The van der Waals surface area contributed by atoms with E-state index >= 15 is 0 Å². The summed E-state index contributed by atoms with van der Waals surface area (Å²) in [7, 11) is 0. The molecule has 2 aromatic rings. The molecule has 1 unspecified atom stereocenters. The van der Waals surface area contributed by atoms with Crippen LogP contribution < -0.4 is 0 Å². The van der Waals surface area contributed by atoms with Crippen LogP contribution in [0.3, 0.4) is 0 Å². The first-order valence-electron chi connectivity index (χ1n) is 5.49. The highest BCUT2D eigenvalue weighted by Crippen LogP contribution is 2.32. The van der Waals surface area contributed by atoms with Crippen molar-refractivity contribution >= 4 is 15.9 Å². The van der Waals surface area contributed by atoms with E-state index in [4.69, 9.17) is 0 Å². The zero-order valence-electron chi connectivity index (χ0n) is 9.66. The molecular weight excluding hydrogens is 321 g/mol. The third-order valence-electron chi connectivity index (χ3n) is 2.75. The van der Waals surface area contributed by atoms with Crippen molar-refractivity contribution in [3.05, 3.63) is 69.7 Å². The fraction of sp³-hybridized carbons (Fsp3) is 0.143. The van der Waals surface area contributed by atoms with Crippen molar-refractivity contribution in [3.63, 3.8) is 0 Å². The third-order valence-corrected chi connectivity index (χ3v) is 3.48. The number of alkyl halides is 3. The molecule has 5 heteroatoms. The van der Waals surface area contributed by atoms with Gasteiger partial charge in [-0.1, -0.05) is 46.3 Å². The molecule has 0 aliphatic carbocycles. The maximum Gasteiger partial charge on any atom is 0.416 e. The van der Waals surface area contributed by atoms with Gasteiger partial charge in [-0.05, 0) is 29.3 Å². The van der Waals surface area contributed by atoms with Gasteiger partial charge in [-0.2, -0.15) is 13.2 Å². The van der Waals surface area contributed by atoms with Gasteiger partial charge in [0.2, 0.25) is 0 Å². The third kappa shape index (κ3) is 3.16. The number of aliphatic hydroxyl groups excluding tert-OH is 1.